The zero-order valence-electron chi connectivity index (χ0n) is 16.5. The van der Waals surface area contributed by atoms with Crippen molar-refractivity contribution in [2.24, 2.45) is 4.99 Å². The highest BCUT2D eigenvalue weighted by Gasteiger charge is 2.11. The highest BCUT2D eigenvalue weighted by molar-refractivity contribution is 6.32. The lowest BCUT2D eigenvalue weighted by atomic mass is 10.2. The lowest BCUT2D eigenvalue weighted by Crippen LogP contribution is -2.11. The Morgan fingerprint density at radius 2 is 1.81 bits per heavy atom. The highest BCUT2D eigenvalue weighted by atomic mass is 35.5. The monoisotopic (exact) mass is 466 g/mol. The van der Waals surface area contributed by atoms with Crippen LogP contribution < -0.4 is 15.4 Å². The summed E-state index contributed by atoms with van der Waals surface area (Å²) in [6.45, 7) is 1.24. The first-order valence-electron chi connectivity index (χ1n) is 9.68. The first kappa shape index (κ1) is 20.3. The first-order valence-corrected chi connectivity index (χ1v) is 10.4. The van der Waals surface area contributed by atoms with Crippen molar-refractivity contribution in [2.75, 3.05) is 23.8 Å². The number of nitrogens with zero attached hydrogens (tertiary/aromatic N) is 4. The smallest absolute Gasteiger partial charge is 0.289 e. The van der Waals surface area contributed by atoms with Crippen LogP contribution in [0.25, 0.3) is 10.9 Å². The van der Waals surface area contributed by atoms with Crippen LogP contribution in [-0.4, -0.2) is 34.1 Å². The van der Waals surface area contributed by atoms with Gasteiger partial charge in [-0.05, 0) is 36.4 Å². The molecule has 1 aliphatic rings. The van der Waals surface area contributed by atoms with Crippen molar-refractivity contribution < 1.29 is 9.47 Å². The molecule has 2 aromatic carbocycles. The van der Waals surface area contributed by atoms with Gasteiger partial charge in [0.2, 0.25) is 0 Å². The third-order valence-electron chi connectivity index (χ3n) is 4.57. The maximum Gasteiger partial charge on any atom is 0.289 e. The molecule has 0 aliphatic carbocycles. The molecule has 32 heavy (non-hydrogen) atoms. The summed E-state index contributed by atoms with van der Waals surface area (Å²) in [5, 5.41) is 8.19. The minimum Gasteiger partial charge on any atom is -0.463 e. The maximum absolute atomic E-state index is 6.44. The van der Waals surface area contributed by atoms with E-state index < -0.39 is 0 Å². The summed E-state index contributed by atoms with van der Waals surface area (Å²) in [5.74, 6) is 1.62. The molecule has 0 saturated carbocycles. The van der Waals surface area contributed by atoms with Gasteiger partial charge < -0.3 is 20.1 Å². The first-order chi connectivity index (χ1) is 15.6. The molecule has 1 aliphatic heterocycles. The average Bonchev–Trinajstić information content (AvgIpc) is 3.29. The van der Waals surface area contributed by atoms with Gasteiger partial charge in [-0.15, -0.1) is 0 Å². The third-order valence-corrected chi connectivity index (χ3v) is 5.08. The number of pyridine rings is 1. The van der Waals surface area contributed by atoms with Crippen LogP contribution in [0.3, 0.4) is 0 Å². The van der Waals surface area contributed by atoms with Gasteiger partial charge in [-0.25, -0.2) is 15.0 Å². The molecule has 4 aromatic rings. The van der Waals surface area contributed by atoms with Crippen molar-refractivity contribution in [3.63, 3.8) is 0 Å². The second kappa shape index (κ2) is 8.86. The predicted octanol–water partition coefficient (Wildman–Crippen LogP) is 5.67. The van der Waals surface area contributed by atoms with Crippen molar-refractivity contribution in [3.8, 4) is 11.5 Å². The number of halogens is 2. The Balaban J connectivity index is 1.39. The molecule has 160 valence electrons. The van der Waals surface area contributed by atoms with Crippen LogP contribution >= 0.6 is 23.2 Å². The molecule has 0 unspecified atom stereocenters. The molecule has 0 atom stereocenters. The van der Waals surface area contributed by atoms with Gasteiger partial charge in [0.25, 0.3) is 6.02 Å². The standard InChI is InChI=1S/C22H16Cl2N6O2/c23-13-7-16(11-25-10-13)32-20-4-2-15(9-18(20)24)29-21-17-8-14(30-22-26-5-6-31-22)1-3-19(17)27-12-28-21/h1-4,7-12H,5-6H2,(H,26,30)(H,27,28,29). The molecule has 5 rings (SSSR count). The summed E-state index contributed by atoms with van der Waals surface area (Å²) in [6.07, 6.45) is 4.60. The minimum absolute atomic E-state index is 0.423. The Labute approximate surface area is 193 Å². The van der Waals surface area contributed by atoms with E-state index >= 15 is 0 Å². The quantitative estimate of drug-likeness (QED) is 0.391. The summed E-state index contributed by atoms with van der Waals surface area (Å²) in [6, 6.07) is 13.3. The molecule has 2 N–H and O–H groups in total. The lowest BCUT2D eigenvalue weighted by molar-refractivity contribution is 0.346. The number of ether oxygens (including phenoxy) is 2. The fraction of sp³-hybridized carbons (Fsp3) is 0.0909. The topological polar surface area (TPSA) is 93.5 Å². The van der Waals surface area contributed by atoms with Crippen LogP contribution in [0, 0.1) is 0 Å². The van der Waals surface area contributed by atoms with E-state index in [1.54, 1.807) is 24.4 Å². The molecule has 8 nitrogen and oxygen atoms in total. The zero-order chi connectivity index (χ0) is 21.9. The van der Waals surface area contributed by atoms with Gasteiger partial charge in [0.05, 0.1) is 28.3 Å². The van der Waals surface area contributed by atoms with Gasteiger partial charge >= 0.3 is 0 Å². The zero-order valence-corrected chi connectivity index (χ0v) is 18.1. The number of aliphatic imine (C=N–C) groups is 1. The van der Waals surface area contributed by atoms with E-state index in [9.17, 15) is 0 Å². The maximum atomic E-state index is 6.44. The average molecular weight is 467 g/mol. The molecular formula is C22H16Cl2N6O2. The number of hydrogen-bond donors (Lipinski definition) is 2. The number of hydrogen-bond acceptors (Lipinski definition) is 8. The van der Waals surface area contributed by atoms with Crippen molar-refractivity contribution in [1.29, 1.82) is 0 Å². The summed E-state index contributed by atoms with van der Waals surface area (Å²) in [5.41, 5.74) is 2.36. The van der Waals surface area contributed by atoms with E-state index in [2.05, 4.69) is 30.6 Å². The van der Waals surface area contributed by atoms with Crippen LogP contribution in [0.15, 0.2) is 66.2 Å². The third kappa shape index (κ3) is 4.51. The molecule has 0 spiro atoms. The number of anilines is 3. The summed E-state index contributed by atoms with van der Waals surface area (Å²) in [7, 11) is 0. The van der Waals surface area contributed by atoms with Crippen LogP contribution in [0.4, 0.5) is 17.2 Å². The normalized spacial score (nSPS) is 12.9. The van der Waals surface area contributed by atoms with Crippen molar-refractivity contribution >= 4 is 57.3 Å². The van der Waals surface area contributed by atoms with Gasteiger partial charge in [0.1, 0.15) is 30.3 Å². The second-order valence-corrected chi connectivity index (χ2v) is 7.67. The molecule has 0 amide bonds. The molecule has 0 saturated heterocycles. The van der Waals surface area contributed by atoms with Gasteiger partial charge in [-0.1, -0.05) is 23.2 Å². The number of rotatable bonds is 5. The van der Waals surface area contributed by atoms with Crippen LogP contribution in [-0.2, 0) is 4.74 Å². The SMILES string of the molecule is Clc1cncc(Oc2ccc(Nc3ncnc4ccc(NC5=NCCO5)cc34)cc2Cl)c1. The largest absolute Gasteiger partial charge is 0.463 e. The van der Waals surface area contributed by atoms with Gasteiger partial charge in [-0.2, -0.15) is 0 Å². The second-order valence-electron chi connectivity index (χ2n) is 6.83. The van der Waals surface area contributed by atoms with Crippen LogP contribution in [0.5, 0.6) is 11.5 Å². The van der Waals surface area contributed by atoms with Crippen molar-refractivity contribution in [3.05, 3.63) is 71.2 Å². The predicted molar refractivity (Wildman–Crippen MR) is 125 cm³/mol. The minimum atomic E-state index is 0.423. The van der Waals surface area contributed by atoms with E-state index in [0.717, 1.165) is 22.3 Å². The van der Waals surface area contributed by atoms with Crippen LogP contribution in [0.2, 0.25) is 10.0 Å². The molecule has 2 aromatic heterocycles. The number of aromatic nitrogens is 3. The lowest BCUT2D eigenvalue weighted by Gasteiger charge is -2.12. The highest BCUT2D eigenvalue weighted by Crippen LogP contribution is 2.34. The fourth-order valence-electron chi connectivity index (χ4n) is 3.14. The van der Waals surface area contributed by atoms with Crippen molar-refractivity contribution in [2.45, 2.75) is 0 Å². The summed E-state index contributed by atoms with van der Waals surface area (Å²) in [4.78, 5) is 17.0. The van der Waals surface area contributed by atoms with E-state index in [1.165, 1.54) is 12.5 Å². The number of nitrogens with one attached hydrogen (secondary N) is 2. The summed E-state index contributed by atoms with van der Waals surface area (Å²) >= 11 is 12.4. The molecule has 3 heterocycles. The Bertz CT molecular complexity index is 1330. The van der Waals surface area contributed by atoms with Gasteiger partial charge in [-0.3, -0.25) is 4.98 Å². The fourth-order valence-corrected chi connectivity index (χ4v) is 3.52. The number of benzene rings is 2. The molecule has 10 heteroatoms. The molecular weight excluding hydrogens is 451 g/mol. The Kier molecular flexibility index (Phi) is 5.62. The van der Waals surface area contributed by atoms with Gasteiger partial charge in [0, 0.05) is 29.0 Å². The molecule has 0 radical (unpaired) electrons. The Hall–Kier alpha value is -3.62. The van der Waals surface area contributed by atoms with Gasteiger partial charge in [0.15, 0.2) is 0 Å². The Morgan fingerprint density at radius 1 is 0.938 bits per heavy atom. The van der Waals surface area contributed by atoms with E-state index in [4.69, 9.17) is 32.7 Å². The van der Waals surface area contributed by atoms with E-state index in [0.29, 0.717) is 46.5 Å². The Morgan fingerprint density at radius 3 is 2.62 bits per heavy atom. The number of amidine groups is 1. The van der Waals surface area contributed by atoms with Crippen molar-refractivity contribution in [1.82, 2.24) is 15.0 Å². The van der Waals surface area contributed by atoms with Crippen LogP contribution in [0.1, 0.15) is 0 Å². The molecule has 0 bridgehead atoms. The number of fused-ring (bicyclic) bond motifs is 1. The van der Waals surface area contributed by atoms with E-state index in [1.807, 2.05) is 24.3 Å². The summed E-state index contributed by atoms with van der Waals surface area (Å²) < 4.78 is 11.2. The van der Waals surface area contributed by atoms with E-state index in [-0.39, 0.29) is 0 Å². The molecule has 0 fully saturated rings.